The zero-order valence-electron chi connectivity index (χ0n) is 15.6. The lowest BCUT2D eigenvalue weighted by Crippen LogP contribution is -2.49. The van der Waals surface area contributed by atoms with Crippen LogP contribution >= 0.6 is 0 Å². The Hall–Kier alpha value is -2.17. The van der Waals surface area contributed by atoms with Crippen LogP contribution in [0.4, 0.5) is 4.39 Å². The van der Waals surface area contributed by atoms with Crippen molar-refractivity contribution in [3.8, 4) is 0 Å². The number of hydrogen-bond acceptors (Lipinski definition) is 2. The topological polar surface area (TPSA) is 37.0 Å². The summed E-state index contributed by atoms with van der Waals surface area (Å²) in [7, 11) is 2.06. The summed E-state index contributed by atoms with van der Waals surface area (Å²) in [6.45, 7) is 0.703. The number of fused-ring (bicyclic) bond motifs is 4. The van der Waals surface area contributed by atoms with Crippen molar-refractivity contribution in [3.05, 3.63) is 71.2 Å². The van der Waals surface area contributed by atoms with Crippen LogP contribution in [0.2, 0.25) is 0 Å². The molecule has 1 saturated carbocycles. The number of aromatic amines is 1. The third-order valence-corrected chi connectivity index (χ3v) is 6.77. The van der Waals surface area contributed by atoms with Crippen LogP contribution in [0, 0.1) is 5.82 Å². The molecule has 4 heteroatoms. The first kappa shape index (κ1) is 17.0. The monoisotopic (exact) mass is 364 g/mol. The van der Waals surface area contributed by atoms with Crippen molar-refractivity contribution in [2.75, 3.05) is 13.7 Å². The molecule has 1 aromatic heterocycles. The number of rotatable bonds is 2. The summed E-state index contributed by atoms with van der Waals surface area (Å²) >= 11 is 0. The number of halogens is 1. The van der Waals surface area contributed by atoms with Gasteiger partial charge in [0.25, 0.3) is 0 Å². The van der Waals surface area contributed by atoms with Gasteiger partial charge in [-0.2, -0.15) is 0 Å². The maximum Gasteiger partial charge on any atom is 0.123 e. The van der Waals surface area contributed by atoms with Gasteiger partial charge in [0.15, 0.2) is 0 Å². The molecule has 1 aliphatic carbocycles. The molecule has 2 aliphatic rings. The van der Waals surface area contributed by atoms with Gasteiger partial charge < -0.3 is 15.0 Å². The Kier molecular flexibility index (Phi) is 3.88. The molecule has 0 bridgehead atoms. The lowest BCUT2D eigenvalue weighted by atomic mass is 9.68. The Morgan fingerprint density at radius 1 is 1.04 bits per heavy atom. The highest BCUT2D eigenvalue weighted by Crippen LogP contribution is 2.50. The van der Waals surface area contributed by atoms with Gasteiger partial charge in [0, 0.05) is 16.4 Å². The highest BCUT2D eigenvalue weighted by atomic mass is 19.1. The molecule has 0 unspecified atom stereocenters. The van der Waals surface area contributed by atoms with Crippen molar-refractivity contribution in [2.45, 2.75) is 43.2 Å². The number of benzene rings is 2. The third-order valence-electron chi connectivity index (χ3n) is 6.77. The van der Waals surface area contributed by atoms with Crippen molar-refractivity contribution in [3.63, 3.8) is 0 Å². The fourth-order valence-electron chi connectivity index (χ4n) is 5.20. The van der Waals surface area contributed by atoms with Crippen LogP contribution in [-0.2, 0) is 22.3 Å². The average Bonchev–Trinajstić information content (AvgIpc) is 3.09. The van der Waals surface area contributed by atoms with E-state index in [1.165, 1.54) is 22.9 Å². The summed E-state index contributed by atoms with van der Waals surface area (Å²) in [5, 5.41) is 4.61. The second kappa shape index (κ2) is 6.18. The van der Waals surface area contributed by atoms with Gasteiger partial charge in [-0.25, -0.2) is 4.39 Å². The van der Waals surface area contributed by atoms with E-state index in [1.807, 2.05) is 6.07 Å². The number of H-pyrrole nitrogens is 1. The number of hydrogen-bond donors (Lipinski definition) is 2. The van der Waals surface area contributed by atoms with Crippen LogP contribution in [0.15, 0.2) is 48.5 Å². The van der Waals surface area contributed by atoms with Crippen LogP contribution in [0.1, 0.15) is 42.5 Å². The van der Waals surface area contributed by atoms with E-state index < -0.39 is 0 Å². The minimum atomic E-state index is -0.280. The minimum absolute atomic E-state index is 0.00833. The van der Waals surface area contributed by atoms with Crippen LogP contribution in [0.5, 0.6) is 0 Å². The molecule has 0 saturated heterocycles. The first-order valence-corrected chi connectivity index (χ1v) is 9.85. The van der Waals surface area contributed by atoms with Crippen LogP contribution < -0.4 is 5.32 Å². The van der Waals surface area contributed by atoms with E-state index in [9.17, 15) is 4.39 Å². The summed E-state index contributed by atoms with van der Waals surface area (Å²) in [5.41, 5.74) is 4.49. The lowest BCUT2D eigenvalue weighted by molar-refractivity contribution is -0.101. The summed E-state index contributed by atoms with van der Waals surface area (Å²) < 4.78 is 20.2. The summed E-state index contributed by atoms with van der Waals surface area (Å²) in [6, 6.07) is 15.8. The molecule has 0 radical (unpaired) electrons. The Balaban J connectivity index is 1.53. The first-order valence-electron chi connectivity index (χ1n) is 9.85. The molecule has 3 nitrogen and oxygen atoms in total. The molecule has 1 fully saturated rings. The van der Waals surface area contributed by atoms with Gasteiger partial charge in [-0.1, -0.05) is 30.3 Å². The Labute approximate surface area is 158 Å². The van der Waals surface area contributed by atoms with Gasteiger partial charge in [-0.3, -0.25) is 0 Å². The normalized spacial score (nSPS) is 27.8. The van der Waals surface area contributed by atoms with Gasteiger partial charge in [0.2, 0.25) is 0 Å². The first-order chi connectivity index (χ1) is 13.2. The molecule has 0 atom stereocenters. The van der Waals surface area contributed by atoms with E-state index in [1.54, 1.807) is 6.07 Å². The molecule has 5 rings (SSSR count). The zero-order chi connectivity index (χ0) is 18.5. The standard InChI is InChI=1S/C23H25FN2O/c1-25-22(16-5-3-2-4-6-16)10-12-23(13-11-22)21-18(9-14-27-23)19-15-17(24)7-8-20(19)26-21/h2-8,15,25-26H,9-14H2,1H3/t22-,23+. The average molecular weight is 364 g/mol. The van der Waals surface area contributed by atoms with Crippen molar-refractivity contribution >= 4 is 10.9 Å². The number of ether oxygens (including phenoxy) is 1. The van der Waals surface area contributed by atoms with Crippen molar-refractivity contribution in [2.24, 2.45) is 0 Å². The fraction of sp³-hybridized carbons (Fsp3) is 0.391. The Morgan fingerprint density at radius 2 is 1.81 bits per heavy atom. The van der Waals surface area contributed by atoms with Crippen LogP contribution in [0.3, 0.4) is 0 Å². The molecule has 1 aliphatic heterocycles. The van der Waals surface area contributed by atoms with Gasteiger partial charge in [0.1, 0.15) is 11.4 Å². The van der Waals surface area contributed by atoms with Crippen LogP contribution in [0.25, 0.3) is 10.9 Å². The highest BCUT2D eigenvalue weighted by Gasteiger charge is 2.47. The predicted octanol–water partition coefficient (Wildman–Crippen LogP) is 4.76. The van der Waals surface area contributed by atoms with Gasteiger partial charge in [0.05, 0.1) is 12.3 Å². The smallest absolute Gasteiger partial charge is 0.123 e. The Morgan fingerprint density at radius 3 is 2.56 bits per heavy atom. The SMILES string of the molecule is CN[C@]1(c2ccccc2)CC[C@@]2(CC1)OCCc1c3cc(F)ccc3[nH]c12. The summed E-state index contributed by atoms with van der Waals surface area (Å²) in [6.07, 6.45) is 4.76. The van der Waals surface area contributed by atoms with Gasteiger partial charge in [-0.15, -0.1) is 0 Å². The maximum absolute atomic E-state index is 13.8. The maximum atomic E-state index is 13.8. The van der Waals surface area contributed by atoms with Crippen LogP contribution in [-0.4, -0.2) is 18.6 Å². The highest BCUT2D eigenvalue weighted by molar-refractivity contribution is 5.85. The van der Waals surface area contributed by atoms with Crippen molar-refractivity contribution in [1.29, 1.82) is 0 Å². The molecular formula is C23H25FN2O. The van der Waals surface area contributed by atoms with E-state index >= 15 is 0 Å². The second-order valence-electron chi connectivity index (χ2n) is 7.96. The van der Waals surface area contributed by atoms with E-state index in [2.05, 4.69) is 47.7 Å². The van der Waals surface area contributed by atoms with E-state index in [0.29, 0.717) is 6.61 Å². The second-order valence-corrected chi connectivity index (χ2v) is 7.96. The van der Waals surface area contributed by atoms with E-state index in [-0.39, 0.29) is 17.0 Å². The fourth-order valence-corrected chi connectivity index (χ4v) is 5.20. The van der Waals surface area contributed by atoms with Crippen molar-refractivity contribution < 1.29 is 9.13 Å². The molecule has 1 spiro atoms. The molecule has 2 N–H and O–H groups in total. The quantitative estimate of drug-likeness (QED) is 0.688. The van der Waals surface area contributed by atoms with E-state index in [4.69, 9.17) is 4.74 Å². The molecular weight excluding hydrogens is 339 g/mol. The summed E-state index contributed by atoms with van der Waals surface area (Å²) in [5.74, 6) is -0.174. The Bertz CT molecular complexity index is 971. The molecule has 0 amide bonds. The number of nitrogens with one attached hydrogen (secondary N) is 2. The molecule has 2 aromatic carbocycles. The largest absolute Gasteiger partial charge is 0.368 e. The molecule has 140 valence electrons. The predicted molar refractivity (Wildman–Crippen MR) is 105 cm³/mol. The minimum Gasteiger partial charge on any atom is -0.368 e. The van der Waals surface area contributed by atoms with Gasteiger partial charge >= 0.3 is 0 Å². The lowest BCUT2D eigenvalue weighted by Gasteiger charge is -2.48. The zero-order valence-corrected chi connectivity index (χ0v) is 15.6. The molecule has 27 heavy (non-hydrogen) atoms. The number of aromatic nitrogens is 1. The van der Waals surface area contributed by atoms with Crippen molar-refractivity contribution in [1.82, 2.24) is 10.3 Å². The third kappa shape index (κ3) is 2.54. The molecule has 2 heterocycles. The summed E-state index contributed by atoms with van der Waals surface area (Å²) in [4.78, 5) is 3.58. The van der Waals surface area contributed by atoms with Gasteiger partial charge in [-0.05, 0) is 68.5 Å². The van der Waals surface area contributed by atoms with E-state index in [0.717, 1.165) is 43.0 Å². The molecule has 3 aromatic rings.